The minimum atomic E-state index is -3.91. The highest BCUT2D eigenvalue weighted by molar-refractivity contribution is 7.89. The molecular formula is C22H22ClN3O3S. The molecule has 8 heteroatoms. The van der Waals surface area contributed by atoms with Crippen LogP contribution in [0.1, 0.15) is 16.8 Å². The standard InChI is InChI=1S/C22H22ClN3O3S/c1-17-9-11-20(12-10-17)30(28,29)26(15-18-6-2-3-8-21(18)23)16-22(27)25-14-19-7-4-5-13-24-19/h2-13H,14-16H2,1H3,(H,25,27). The Balaban J connectivity index is 1.82. The Kier molecular flexibility index (Phi) is 7.20. The molecule has 1 N–H and O–H groups in total. The van der Waals surface area contributed by atoms with Gasteiger partial charge < -0.3 is 5.32 Å². The summed E-state index contributed by atoms with van der Waals surface area (Å²) < 4.78 is 27.7. The normalized spacial score (nSPS) is 11.4. The van der Waals surface area contributed by atoms with Crippen LogP contribution in [0, 0.1) is 6.92 Å². The molecule has 2 aromatic carbocycles. The lowest BCUT2D eigenvalue weighted by molar-refractivity contribution is -0.121. The van der Waals surface area contributed by atoms with Crippen molar-refractivity contribution in [2.75, 3.05) is 6.54 Å². The maximum absolute atomic E-state index is 13.3. The van der Waals surface area contributed by atoms with Gasteiger partial charge in [0.15, 0.2) is 0 Å². The lowest BCUT2D eigenvalue weighted by Crippen LogP contribution is -2.40. The average Bonchev–Trinajstić information content (AvgIpc) is 2.74. The van der Waals surface area contributed by atoms with E-state index >= 15 is 0 Å². The lowest BCUT2D eigenvalue weighted by Gasteiger charge is -2.22. The van der Waals surface area contributed by atoms with E-state index in [-0.39, 0.29) is 24.5 Å². The van der Waals surface area contributed by atoms with Crippen LogP contribution in [0.2, 0.25) is 5.02 Å². The minimum absolute atomic E-state index is 0.0209. The summed E-state index contributed by atoms with van der Waals surface area (Å²) in [6, 6.07) is 18.9. The number of hydrogen-bond donors (Lipinski definition) is 1. The summed E-state index contributed by atoms with van der Waals surface area (Å²) in [5.74, 6) is -0.427. The van der Waals surface area contributed by atoms with Gasteiger partial charge in [-0.2, -0.15) is 4.31 Å². The van der Waals surface area contributed by atoms with Gasteiger partial charge in [-0.15, -0.1) is 0 Å². The van der Waals surface area contributed by atoms with Gasteiger partial charge in [0.05, 0.1) is 23.7 Å². The summed E-state index contributed by atoms with van der Waals surface area (Å²) in [6.07, 6.45) is 1.63. The minimum Gasteiger partial charge on any atom is -0.349 e. The van der Waals surface area contributed by atoms with Crippen LogP contribution in [0.5, 0.6) is 0 Å². The van der Waals surface area contributed by atoms with Gasteiger partial charge in [0.2, 0.25) is 15.9 Å². The molecule has 0 unspecified atom stereocenters. The number of halogens is 1. The van der Waals surface area contributed by atoms with Crippen molar-refractivity contribution in [3.05, 3.63) is 94.8 Å². The van der Waals surface area contributed by atoms with Gasteiger partial charge in [-0.05, 0) is 42.8 Å². The summed E-state index contributed by atoms with van der Waals surface area (Å²) in [7, 11) is -3.91. The predicted molar refractivity (Wildman–Crippen MR) is 116 cm³/mol. The van der Waals surface area contributed by atoms with Gasteiger partial charge in [0.1, 0.15) is 0 Å². The first kappa shape index (κ1) is 22.0. The molecule has 0 aliphatic carbocycles. The number of amides is 1. The largest absolute Gasteiger partial charge is 0.349 e. The molecule has 0 radical (unpaired) electrons. The predicted octanol–water partition coefficient (Wildman–Crippen LogP) is 3.55. The zero-order chi connectivity index (χ0) is 21.6. The van der Waals surface area contributed by atoms with Crippen molar-refractivity contribution >= 4 is 27.5 Å². The van der Waals surface area contributed by atoms with Gasteiger partial charge >= 0.3 is 0 Å². The van der Waals surface area contributed by atoms with Gasteiger partial charge in [0.25, 0.3) is 0 Å². The van der Waals surface area contributed by atoms with E-state index in [1.165, 1.54) is 12.1 Å². The van der Waals surface area contributed by atoms with E-state index in [4.69, 9.17) is 11.6 Å². The zero-order valence-electron chi connectivity index (χ0n) is 16.5. The number of aromatic nitrogens is 1. The van der Waals surface area contributed by atoms with Crippen molar-refractivity contribution in [1.82, 2.24) is 14.6 Å². The molecule has 0 saturated heterocycles. The Morgan fingerprint density at radius 3 is 2.40 bits per heavy atom. The van der Waals surface area contributed by atoms with Crippen LogP contribution in [0.25, 0.3) is 0 Å². The molecule has 0 fully saturated rings. The van der Waals surface area contributed by atoms with E-state index in [2.05, 4.69) is 10.3 Å². The first-order valence-electron chi connectivity index (χ1n) is 9.33. The Morgan fingerprint density at radius 2 is 1.73 bits per heavy atom. The summed E-state index contributed by atoms with van der Waals surface area (Å²) in [4.78, 5) is 16.8. The van der Waals surface area contributed by atoms with Gasteiger partial charge in [-0.1, -0.05) is 53.6 Å². The second kappa shape index (κ2) is 9.84. The summed E-state index contributed by atoms with van der Waals surface area (Å²) in [5, 5.41) is 3.16. The quantitative estimate of drug-likeness (QED) is 0.577. The highest BCUT2D eigenvalue weighted by Gasteiger charge is 2.27. The highest BCUT2D eigenvalue weighted by atomic mass is 35.5. The third-order valence-corrected chi connectivity index (χ3v) is 6.65. The maximum atomic E-state index is 13.3. The third kappa shape index (κ3) is 5.66. The molecule has 1 amide bonds. The fourth-order valence-corrected chi connectivity index (χ4v) is 4.38. The molecule has 6 nitrogen and oxygen atoms in total. The molecule has 0 atom stereocenters. The molecular weight excluding hydrogens is 422 g/mol. The molecule has 0 aliphatic heterocycles. The average molecular weight is 444 g/mol. The molecule has 3 aromatic rings. The van der Waals surface area contributed by atoms with Crippen molar-refractivity contribution in [2.45, 2.75) is 24.9 Å². The molecule has 1 aromatic heterocycles. The van der Waals surface area contributed by atoms with Crippen molar-refractivity contribution < 1.29 is 13.2 Å². The number of rotatable bonds is 8. The lowest BCUT2D eigenvalue weighted by atomic mass is 10.2. The van der Waals surface area contributed by atoms with Crippen LogP contribution in [0.3, 0.4) is 0 Å². The molecule has 156 valence electrons. The monoisotopic (exact) mass is 443 g/mol. The first-order chi connectivity index (χ1) is 14.4. The van der Waals surface area contributed by atoms with Crippen molar-refractivity contribution in [3.8, 4) is 0 Å². The third-order valence-electron chi connectivity index (χ3n) is 4.48. The van der Waals surface area contributed by atoms with E-state index in [0.717, 1.165) is 9.87 Å². The van der Waals surface area contributed by atoms with Crippen molar-refractivity contribution in [2.24, 2.45) is 0 Å². The van der Waals surface area contributed by atoms with Crippen LogP contribution in [-0.4, -0.2) is 30.2 Å². The van der Waals surface area contributed by atoms with E-state index in [0.29, 0.717) is 16.3 Å². The van der Waals surface area contributed by atoms with Crippen LogP contribution in [0.4, 0.5) is 0 Å². The van der Waals surface area contributed by atoms with Crippen molar-refractivity contribution in [1.29, 1.82) is 0 Å². The van der Waals surface area contributed by atoms with Crippen LogP contribution >= 0.6 is 11.6 Å². The number of nitrogens with one attached hydrogen (secondary N) is 1. The van der Waals surface area contributed by atoms with E-state index in [9.17, 15) is 13.2 Å². The fraction of sp³-hybridized carbons (Fsp3) is 0.182. The number of benzene rings is 2. The summed E-state index contributed by atoms with van der Waals surface area (Å²) in [5.41, 5.74) is 2.25. The highest BCUT2D eigenvalue weighted by Crippen LogP contribution is 2.22. The molecule has 30 heavy (non-hydrogen) atoms. The summed E-state index contributed by atoms with van der Waals surface area (Å²) >= 11 is 6.23. The Hall–Kier alpha value is -2.74. The van der Waals surface area contributed by atoms with Crippen LogP contribution < -0.4 is 5.32 Å². The molecule has 0 spiro atoms. The van der Waals surface area contributed by atoms with Gasteiger partial charge in [-0.25, -0.2) is 8.42 Å². The van der Waals surface area contributed by atoms with Crippen molar-refractivity contribution in [3.63, 3.8) is 0 Å². The Labute approximate surface area is 181 Å². The Bertz CT molecular complexity index is 1100. The number of pyridine rings is 1. The Morgan fingerprint density at radius 1 is 1.03 bits per heavy atom. The topological polar surface area (TPSA) is 79.4 Å². The zero-order valence-corrected chi connectivity index (χ0v) is 18.0. The SMILES string of the molecule is Cc1ccc(S(=O)(=O)N(CC(=O)NCc2ccccn2)Cc2ccccc2Cl)cc1. The van der Waals surface area contributed by atoms with E-state index < -0.39 is 15.9 Å². The number of aryl methyl sites for hydroxylation is 1. The number of sulfonamides is 1. The number of hydrogen-bond acceptors (Lipinski definition) is 4. The molecule has 0 bridgehead atoms. The second-order valence-corrected chi connectivity index (χ2v) is 9.12. The maximum Gasteiger partial charge on any atom is 0.243 e. The molecule has 0 saturated carbocycles. The summed E-state index contributed by atoms with van der Waals surface area (Å²) in [6.45, 7) is 1.73. The smallest absolute Gasteiger partial charge is 0.243 e. The van der Waals surface area contributed by atoms with E-state index in [1.54, 1.807) is 54.7 Å². The number of carbonyl (C=O) groups is 1. The molecule has 3 rings (SSSR count). The number of nitrogens with zero attached hydrogens (tertiary/aromatic N) is 2. The first-order valence-corrected chi connectivity index (χ1v) is 11.1. The fourth-order valence-electron chi connectivity index (χ4n) is 2.81. The molecule has 0 aliphatic rings. The number of carbonyl (C=O) groups excluding carboxylic acids is 1. The van der Waals surface area contributed by atoms with Gasteiger partial charge in [0, 0.05) is 17.8 Å². The second-order valence-electron chi connectivity index (χ2n) is 6.78. The van der Waals surface area contributed by atoms with Gasteiger partial charge in [-0.3, -0.25) is 9.78 Å². The van der Waals surface area contributed by atoms with Crippen LogP contribution in [-0.2, 0) is 27.9 Å². The molecule has 1 heterocycles. The van der Waals surface area contributed by atoms with E-state index in [1.807, 2.05) is 13.0 Å². The van der Waals surface area contributed by atoms with Crippen LogP contribution in [0.15, 0.2) is 77.8 Å².